The number of ether oxygens (including phenoxy) is 1. The van der Waals surface area contributed by atoms with Gasteiger partial charge in [-0.25, -0.2) is 0 Å². The predicted octanol–water partition coefficient (Wildman–Crippen LogP) is 2.70. The van der Waals surface area contributed by atoms with Crippen molar-refractivity contribution in [3.05, 3.63) is 29.8 Å². The summed E-state index contributed by atoms with van der Waals surface area (Å²) >= 11 is 0. The maximum atomic E-state index is 12.6. The van der Waals surface area contributed by atoms with Crippen molar-refractivity contribution in [2.45, 2.75) is 6.18 Å². The molecule has 102 valence electrons. The quantitative estimate of drug-likeness (QED) is 0.913. The van der Waals surface area contributed by atoms with E-state index in [9.17, 15) is 13.2 Å². The average Bonchev–Trinajstić information content (AvgIpc) is 2.67. The van der Waals surface area contributed by atoms with Crippen LogP contribution in [0.25, 0.3) is 11.3 Å². The van der Waals surface area contributed by atoms with E-state index in [-0.39, 0.29) is 5.75 Å². The van der Waals surface area contributed by atoms with Crippen molar-refractivity contribution >= 4 is 5.82 Å². The van der Waals surface area contributed by atoms with Crippen LogP contribution in [0.1, 0.15) is 5.56 Å². The molecule has 0 aliphatic heterocycles. The summed E-state index contributed by atoms with van der Waals surface area (Å²) in [7, 11) is 2.96. The molecule has 4 nitrogen and oxygen atoms in total. The Kier molecular flexibility index (Phi) is 3.13. The third-order valence-corrected chi connectivity index (χ3v) is 2.72. The van der Waals surface area contributed by atoms with Crippen molar-refractivity contribution in [1.29, 1.82) is 0 Å². The highest BCUT2D eigenvalue weighted by Crippen LogP contribution is 2.36. The largest absolute Gasteiger partial charge is 0.496 e. The summed E-state index contributed by atoms with van der Waals surface area (Å²) in [4.78, 5) is 0. The van der Waals surface area contributed by atoms with E-state index in [1.807, 2.05) is 0 Å². The van der Waals surface area contributed by atoms with Crippen LogP contribution in [0, 0.1) is 0 Å². The topological polar surface area (TPSA) is 53.1 Å². The van der Waals surface area contributed by atoms with Gasteiger partial charge < -0.3 is 10.5 Å². The lowest BCUT2D eigenvalue weighted by Gasteiger charge is -2.11. The van der Waals surface area contributed by atoms with E-state index in [0.29, 0.717) is 17.1 Å². The lowest BCUT2D eigenvalue weighted by Crippen LogP contribution is -2.05. The van der Waals surface area contributed by atoms with E-state index in [4.69, 9.17) is 10.5 Å². The third-order valence-electron chi connectivity index (χ3n) is 2.72. The fraction of sp³-hybridized carbons (Fsp3) is 0.250. The van der Waals surface area contributed by atoms with Crippen LogP contribution >= 0.6 is 0 Å². The van der Waals surface area contributed by atoms with Gasteiger partial charge in [-0.15, -0.1) is 0 Å². The zero-order valence-corrected chi connectivity index (χ0v) is 10.3. The Morgan fingerprint density at radius 3 is 2.42 bits per heavy atom. The van der Waals surface area contributed by atoms with Gasteiger partial charge in [-0.05, 0) is 18.2 Å². The first kappa shape index (κ1) is 13.3. The van der Waals surface area contributed by atoms with Crippen LogP contribution in [0.4, 0.5) is 19.0 Å². The van der Waals surface area contributed by atoms with E-state index in [1.165, 1.54) is 17.9 Å². The molecule has 0 amide bonds. The number of halogens is 3. The summed E-state index contributed by atoms with van der Waals surface area (Å²) in [6.45, 7) is 0. The highest BCUT2D eigenvalue weighted by Gasteiger charge is 2.31. The minimum absolute atomic E-state index is 0.105. The molecule has 19 heavy (non-hydrogen) atoms. The molecule has 0 bridgehead atoms. The minimum atomic E-state index is -4.41. The van der Waals surface area contributed by atoms with E-state index in [0.717, 1.165) is 12.1 Å². The Morgan fingerprint density at radius 2 is 1.95 bits per heavy atom. The molecular formula is C12H12F3N3O. The molecule has 0 saturated heterocycles. The number of nitrogens with zero attached hydrogens (tertiary/aromatic N) is 2. The fourth-order valence-electron chi connectivity index (χ4n) is 1.69. The number of aromatic nitrogens is 2. The van der Waals surface area contributed by atoms with Gasteiger partial charge in [0.2, 0.25) is 0 Å². The number of methoxy groups -OCH3 is 1. The summed E-state index contributed by atoms with van der Waals surface area (Å²) in [5.74, 6) is 0.518. The lowest BCUT2D eigenvalue weighted by atomic mass is 10.1. The Hall–Kier alpha value is -2.18. The number of anilines is 1. The summed E-state index contributed by atoms with van der Waals surface area (Å²) < 4.78 is 44.3. The van der Waals surface area contributed by atoms with Gasteiger partial charge in [0.05, 0.1) is 18.4 Å². The second-order valence-corrected chi connectivity index (χ2v) is 3.99. The molecule has 0 atom stereocenters. The molecule has 2 aromatic rings. The number of nitrogens with two attached hydrogens (primary N) is 1. The first-order chi connectivity index (χ1) is 8.82. The number of benzene rings is 1. The van der Waals surface area contributed by atoms with Crippen molar-refractivity contribution in [3.8, 4) is 17.0 Å². The van der Waals surface area contributed by atoms with Gasteiger partial charge in [0.1, 0.15) is 11.6 Å². The number of hydrogen-bond donors (Lipinski definition) is 1. The summed E-state index contributed by atoms with van der Waals surface area (Å²) in [6.07, 6.45) is -4.41. The Balaban J connectivity index is 2.53. The van der Waals surface area contributed by atoms with Crippen LogP contribution in [0.15, 0.2) is 24.3 Å². The molecule has 1 aromatic carbocycles. The average molecular weight is 271 g/mol. The van der Waals surface area contributed by atoms with Crippen molar-refractivity contribution in [1.82, 2.24) is 9.78 Å². The molecule has 0 radical (unpaired) electrons. The normalized spacial score (nSPS) is 11.6. The number of alkyl halides is 3. The summed E-state index contributed by atoms with van der Waals surface area (Å²) in [5.41, 5.74) is 5.81. The molecule has 7 heteroatoms. The lowest BCUT2D eigenvalue weighted by molar-refractivity contribution is -0.137. The molecule has 0 aliphatic carbocycles. The van der Waals surface area contributed by atoms with Crippen LogP contribution in [-0.2, 0) is 13.2 Å². The third kappa shape index (κ3) is 2.49. The molecule has 0 aliphatic rings. The Morgan fingerprint density at radius 1 is 1.26 bits per heavy atom. The number of hydrogen-bond acceptors (Lipinski definition) is 3. The first-order valence-electron chi connectivity index (χ1n) is 5.38. The highest BCUT2D eigenvalue weighted by molar-refractivity contribution is 5.69. The van der Waals surface area contributed by atoms with Gasteiger partial charge in [-0.1, -0.05) is 0 Å². The minimum Gasteiger partial charge on any atom is -0.496 e. The van der Waals surface area contributed by atoms with Crippen LogP contribution in [0.5, 0.6) is 5.75 Å². The van der Waals surface area contributed by atoms with Crippen molar-refractivity contribution in [2.24, 2.45) is 7.05 Å². The molecular weight excluding hydrogens is 259 g/mol. The molecule has 1 heterocycles. The molecule has 2 rings (SSSR count). The maximum Gasteiger partial charge on any atom is 0.416 e. The molecule has 1 aromatic heterocycles. The highest BCUT2D eigenvalue weighted by atomic mass is 19.4. The van der Waals surface area contributed by atoms with E-state index >= 15 is 0 Å². The van der Waals surface area contributed by atoms with Crippen molar-refractivity contribution < 1.29 is 17.9 Å². The fourth-order valence-corrected chi connectivity index (χ4v) is 1.69. The standard InChI is InChI=1S/C12H12F3N3O/c1-18-11(16)6-9(17-18)8-4-3-7(12(13,14)15)5-10(8)19-2/h3-6H,16H2,1-2H3. The SMILES string of the molecule is COc1cc(C(F)(F)F)ccc1-c1cc(N)n(C)n1. The number of nitrogen functional groups attached to an aromatic ring is 1. The maximum absolute atomic E-state index is 12.6. The Bertz CT molecular complexity index is 585. The summed E-state index contributed by atoms with van der Waals surface area (Å²) in [6, 6.07) is 4.83. The van der Waals surface area contributed by atoms with Crippen LogP contribution in [-0.4, -0.2) is 16.9 Å². The number of rotatable bonds is 2. The smallest absolute Gasteiger partial charge is 0.416 e. The summed E-state index contributed by atoms with van der Waals surface area (Å²) in [5, 5.41) is 4.11. The van der Waals surface area contributed by atoms with Gasteiger partial charge in [-0.2, -0.15) is 18.3 Å². The second kappa shape index (κ2) is 4.49. The van der Waals surface area contributed by atoms with Crippen LogP contribution in [0.2, 0.25) is 0 Å². The monoisotopic (exact) mass is 271 g/mol. The predicted molar refractivity (Wildman–Crippen MR) is 64.6 cm³/mol. The Labute approximate surface area is 107 Å². The zero-order valence-electron chi connectivity index (χ0n) is 10.3. The van der Waals surface area contributed by atoms with Crippen molar-refractivity contribution in [2.75, 3.05) is 12.8 Å². The van der Waals surface area contributed by atoms with Gasteiger partial charge in [0.25, 0.3) is 0 Å². The van der Waals surface area contributed by atoms with Crippen LogP contribution < -0.4 is 10.5 Å². The van der Waals surface area contributed by atoms with E-state index in [2.05, 4.69) is 5.10 Å². The van der Waals surface area contributed by atoms with Gasteiger partial charge in [-0.3, -0.25) is 4.68 Å². The van der Waals surface area contributed by atoms with Gasteiger partial charge in [0, 0.05) is 18.7 Å². The second-order valence-electron chi connectivity index (χ2n) is 3.99. The molecule has 0 unspecified atom stereocenters. The van der Waals surface area contributed by atoms with Crippen molar-refractivity contribution in [3.63, 3.8) is 0 Å². The van der Waals surface area contributed by atoms with E-state index in [1.54, 1.807) is 13.1 Å². The number of aryl methyl sites for hydroxylation is 1. The van der Waals surface area contributed by atoms with E-state index < -0.39 is 11.7 Å². The first-order valence-corrected chi connectivity index (χ1v) is 5.38. The molecule has 0 spiro atoms. The van der Waals surface area contributed by atoms with Gasteiger partial charge >= 0.3 is 6.18 Å². The zero-order chi connectivity index (χ0) is 14.2. The van der Waals surface area contributed by atoms with Crippen LogP contribution in [0.3, 0.4) is 0 Å². The molecule has 0 fully saturated rings. The molecule has 2 N–H and O–H groups in total. The molecule has 0 saturated carbocycles. The van der Waals surface area contributed by atoms with Gasteiger partial charge in [0.15, 0.2) is 0 Å².